The summed E-state index contributed by atoms with van der Waals surface area (Å²) in [4.78, 5) is 40.1. The summed E-state index contributed by atoms with van der Waals surface area (Å²) >= 11 is 0. The maximum Gasteiger partial charge on any atom is 0.330 e. The average Bonchev–Trinajstić information content (AvgIpc) is 2.79. The Kier molecular flexibility index (Phi) is 43.7. The molecule has 0 aromatic carbocycles. The van der Waals surface area contributed by atoms with Crippen LogP contribution in [0.2, 0.25) is 51.4 Å². The van der Waals surface area contributed by atoms with E-state index in [1.54, 1.807) is 35.2 Å². The second kappa shape index (κ2) is 31.5. The van der Waals surface area contributed by atoms with Gasteiger partial charge >= 0.3 is 23.9 Å². The summed E-state index contributed by atoms with van der Waals surface area (Å²) in [5, 5.41) is 33.0. The smallest absolute Gasteiger partial charge is 0.330 e. The molecule has 2 atom stereocenters. The predicted octanol–water partition coefficient (Wildman–Crippen LogP) is 5.02. The van der Waals surface area contributed by atoms with Crippen LogP contribution in [0, 0.1) is 11.8 Å². The maximum atomic E-state index is 10.5. The molecule has 0 aliphatic rings. The fourth-order valence-corrected chi connectivity index (χ4v) is 5.45. The largest absolute Gasteiger partial charge is 0.481 e. The van der Waals surface area contributed by atoms with E-state index in [1.165, 1.54) is 13.8 Å². The van der Waals surface area contributed by atoms with Gasteiger partial charge in [0.1, 0.15) is 0 Å². The Morgan fingerprint density at radius 2 is 0.854 bits per heavy atom. The third-order valence-electron chi connectivity index (χ3n) is 4.75. The molecule has 2 unspecified atom stereocenters. The molecule has 11 nitrogen and oxygen atoms in total. The Morgan fingerprint density at radius 3 is 0.927 bits per heavy atom. The van der Waals surface area contributed by atoms with E-state index in [0.717, 1.165) is 0 Å². The second-order valence-electron chi connectivity index (χ2n) is 10.3. The van der Waals surface area contributed by atoms with E-state index in [2.05, 4.69) is 26.3 Å². The van der Waals surface area contributed by atoms with Crippen molar-refractivity contribution in [3.8, 4) is 0 Å². The molecular weight excluding hydrogens is 738 g/mol. The van der Waals surface area contributed by atoms with Gasteiger partial charge < -0.3 is 33.7 Å². The Bertz CT molecular complexity index is 681. The Hall–Kier alpha value is 0.0984. The van der Waals surface area contributed by atoms with Crippen molar-refractivity contribution in [1.82, 2.24) is 0 Å². The molecule has 0 aromatic rings. The molecule has 0 aromatic heterocycles. The van der Waals surface area contributed by atoms with Crippen LogP contribution >= 0.6 is 0 Å². The zero-order valence-electron chi connectivity index (χ0n) is 27.4. The van der Waals surface area contributed by atoms with Gasteiger partial charge in [-0.1, -0.05) is 27.0 Å². The van der Waals surface area contributed by atoms with E-state index in [0.29, 0.717) is 12.1 Å². The molecule has 4 N–H and O–H groups in total. The SMILES string of the molecule is C=C(C)C(=O)O.C=C(C)C(=O)O.CO[SiH](C)C.CO[Si](C)(C)CC(C)C(=O)O.CO[Si](C)(C)CC(C)C(=O)O.[Y].[Y]. The first-order valence-electron chi connectivity index (χ1n) is 12.2. The van der Waals surface area contributed by atoms with Crippen molar-refractivity contribution < 1.29 is 118 Å². The molecule has 0 aliphatic heterocycles. The van der Waals surface area contributed by atoms with Gasteiger partial charge in [-0.15, -0.1) is 0 Å². The summed E-state index contributed by atoms with van der Waals surface area (Å²) in [7, 11) is 1.05. The van der Waals surface area contributed by atoms with Crippen LogP contribution in [0.15, 0.2) is 24.3 Å². The van der Waals surface area contributed by atoms with E-state index >= 15 is 0 Å². The molecule has 238 valence electrons. The Morgan fingerprint density at radius 1 is 0.683 bits per heavy atom. The summed E-state index contributed by atoms with van der Waals surface area (Å²) < 4.78 is 15.4. The summed E-state index contributed by atoms with van der Waals surface area (Å²) in [5.74, 6) is -3.90. The monoisotopic (exact) mass is 792 g/mol. The van der Waals surface area contributed by atoms with Gasteiger partial charge in [-0.2, -0.15) is 0 Å². The van der Waals surface area contributed by atoms with Crippen molar-refractivity contribution >= 4 is 49.6 Å². The summed E-state index contributed by atoms with van der Waals surface area (Å²) in [6.45, 7) is 25.0. The van der Waals surface area contributed by atoms with Gasteiger partial charge in [-0.25, -0.2) is 9.59 Å². The van der Waals surface area contributed by atoms with Crippen molar-refractivity contribution in [3.63, 3.8) is 0 Å². The van der Waals surface area contributed by atoms with Crippen molar-refractivity contribution in [3.05, 3.63) is 24.3 Å². The normalized spacial score (nSPS) is 11.2. The van der Waals surface area contributed by atoms with Gasteiger partial charge in [0.2, 0.25) is 0 Å². The third-order valence-corrected chi connectivity index (χ3v) is 11.1. The number of rotatable bonds is 11. The van der Waals surface area contributed by atoms with Crippen molar-refractivity contribution in [2.24, 2.45) is 11.8 Å². The average molecular weight is 793 g/mol. The molecular formula is C25H54O11Si3Y2. The first-order chi connectivity index (χ1) is 17.3. The van der Waals surface area contributed by atoms with Crippen LogP contribution in [0.1, 0.15) is 27.7 Å². The van der Waals surface area contributed by atoms with Gasteiger partial charge in [-0.3, -0.25) is 9.59 Å². The molecule has 0 bridgehead atoms. The van der Waals surface area contributed by atoms with Gasteiger partial charge in [0.05, 0.1) is 11.8 Å². The summed E-state index contributed by atoms with van der Waals surface area (Å²) in [6.07, 6.45) is 0. The van der Waals surface area contributed by atoms with Crippen molar-refractivity contribution in [1.29, 1.82) is 0 Å². The van der Waals surface area contributed by atoms with Crippen LogP contribution in [0.4, 0.5) is 0 Å². The molecule has 0 aliphatic carbocycles. The van der Waals surface area contributed by atoms with E-state index in [1.807, 2.05) is 26.2 Å². The molecule has 0 rings (SSSR count). The van der Waals surface area contributed by atoms with E-state index in [9.17, 15) is 19.2 Å². The van der Waals surface area contributed by atoms with Gasteiger partial charge in [0.25, 0.3) is 0 Å². The van der Waals surface area contributed by atoms with Gasteiger partial charge in [0.15, 0.2) is 25.7 Å². The Balaban J connectivity index is -0.0000000723. The molecule has 0 saturated heterocycles. The number of carboxylic acid groups (broad SMARTS) is 4. The van der Waals surface area contributed by atoms with Crippen LogP contribution in [-0.4, -0.2) is 91.3 Å². The zero-order chi connectivity index (χ0) is 32.7. The van der Waals surface area contributed by atoms with E-state index in [4.69, 9.17) is 33.7 Å². The number of hydrogen-bond acceptors (Lipinski definition) is 7. The summed E-state index contributed by atoms with van der Waals surface area (Å²) in [6, 6.07) is 1.36. The van der Waals surface area contributed by atoms with Crippen LogP contribution in [0.25, 0.3) is 0 Å². The molecule has 16 heteroatoms. The van der Waals surface area contributed by atoms with Gasteiger partial charge in [0, 0.05) is 97.9 Å². The van der Waals surface area contributed by atoms with Crippen LogP contribution in [0.3, 0.4) is 0 Å². The molecule has 0 spiro atoms. The number of aliphatic carboxylic acids is 4. The number of hydrogen-bond donors (Lipinski definition) is 4. The molecule has 0 amide bonds. The minimum Gasteiger partial charge on any atom is -0.481 e. The molecule has 41 heavy (non-hydrogen) atoms. The fraction of sp³-hybridized carbons (Fsp3) is 0.680. The number of carbonyl (C=O) groups is 4. The second-order valence-corrected chi connectivity index (χ2v) is 21.5. The van der Waals surface area contributed by atoms with Crippen LogP contribution in [-0.2, 0) is 97.9 Å². The van der Waals surface area contributed by atoms with E-state index in [-0.39, 0.29) is 88.4 Å². The van der Waals surface area contributed by atoms with Crippen molar-refractivity contribution in [2.75, 3.05) is 21.3 Å². The zero-order valence-corrected chi connectivity index (χ0v) is 36.2. The molecule has 0 saturated carbocycles. The maximum absolute atomic E-state index is 10.5. The third kappa shape index (κ3) is 50.1. The first-order valence-corrected chi connectivity index (χ1v) is 21.2. The minimum atomic E-state index is -1.68. The predicted molar refractivity (Wildman–Crippen MR) is 163 cm³/mol. The van der Waals surface area contributed by atoms with Crippen LogP contribution in [0.5, 0.6) is 0 Å². The standard InChI is InChI=1S/2C7H16O3Si.2C4H6O2.C3H10OSi.2Y/c2*1-6(7(8)9)5-11(3,4)10-2;2*1-3(2)4(5)6;1-4-5(2)3;;/h2*6H,5H2,1-4H3,(H,8,9);2*1H2,2H3,(H,5,6);5H,1-3H3;;. The first kappa shape index (κ1) is 56.8. The molecule has 0 heterocycles. The molecule has 0 fully saturated rings. The summed E-state index contributed by atoms with van der Waals surface area (Å²) in [5.41, 5.74) is 0.352. The topological polar surface area (TPSA) is 177 Å². The van der Waals surface area contributed by atoms with Crippen molar-refractivity contribution in [2.45, 2.75) is 79.1 Å². The van der Waals surface area contributed by atoms with Crippen LogP contribution < -0.4 is 0 Å². The molecule has 2 radical (unpaired) electrons. The minimum absolute atomic E-state index is 0. The fourth-order valence-electron chi connectivity index (χ4n) is 1.82. The Labute approximate surface area is 301 Å². The van der Waals surface area contributed by atoms with E-state index < -0.39 is 49.6 Å². The number of carboxylic acids is 4. The van der Waals surface area contributed by atoms with Gasteiger partial charge in [-0.05, 0) is 65.2 Å². The quantitative estimate of drug-likeness (QED) is 0.163.